The van der Waals surface area contributed by atoms with E-state index in [4.69, 9.17) is 8.83 Å². The van der Waals surface area contributed by atoms with Crippen LogP contribution in [0.3, 0.4) is 0 Å². The zero-order valence-electron chi connectivity index (χ0n) is 13.3. The predicted molar refractivity (Wildman–Crippen MR) is 96.7 cm³/mol. The van der Waals surface area contributed by atoms with Crippen molar-refractivity contribution in [3.63, 3.8) is 0 Å². The fraction of sp³-hybridized carbons (Fsp3) is 0.0526. The first-order valence-electron chi connectivity index (χ1n) is 7.62. The molecule has 8 heteroatoms. The topological polar surface area (TPSA) is 60.4 Å². The minimum Gasteiger partial charge on any atom is -0.422 e. The molecule has 0 N–H and O–H groups in total. The highest BCUT2D eigenvalue weighted by Gasteiger charge is 2.34. The second kappa shape index (κ2) is 6.09. The molecule has 4 nitrogen and oxygen atoms in total. The van der Waals surface area contributed by atoms with E-state index in [0.717, 1.165) is 4.47 Å². The fourth-order valence-electron chi connectivity index (χ4n) is 2.91. The van der Waals surface area contributed by atoms with Crippen LogP contribution in [-0.2, 0) is 6.18 Å². The molecule has 0 fully saturated rings. The maximum atomic E-state index is 13.3. The summed E-state index contributed by atoms with van der Waals surface area (Å²) in [6.07, 6.45) is -4.74. The van der Waals surface area contributed by atoms with Gasteiger partial charge in [0, 0.05) is 26.9 Å². The lowest BCUT2D eigenvalue weighted by Crippen LogP contribution is -2.12. The summed E-state index contributed by atoms with van der Waals surface area (Å²) in [5.74, 6) is 0. The third-order valence-electron chi connectivity index (χ3n) is 4.06. The molecule has 0 aliphatic carbocycles. The van der Waals surface area contributed by atoms with Crippen molar-refractivity contribution >= 4 is 37.9 Å². The van der Waals surface area contributed by atoms with E-state index < -0.39 is 23.0 Å². The molecular weight excluding hydrogens is 429 g/mol. The van der Waals surface area contributed by atoms with Gasteiger partial charge in [-0.3, -0.25) is 0 Å². The smallest absolute Gasteiger partial charge is 0.417 e. The van der Waals surface area contributed by atoms with Gasteiger partial charge < -0.3 is 8.83 Å². The fourth-order valence-corrected chi connectivity index (χ4v) is 3.29. The number of halogens is 4. The van der Waals surface area contributed by atoms with Gasteiger partial charge in [-0.15, -0.1) is 0 Å². The molecule has 4 aromatic rings. The minimum absolute atomic E-state index is 0.00586. The third-order valence-corrected chi connectivity index (χ3v) is 4.55. The summed E-state index contributed by atoms with van der Waals surface area (Å²) in [6.45, 7) is 0. The van der Waals surface area contributed by atoms with E-state index in [1.165, 1.54) is 24.3 Å². The van der Waals surface area contributed by atoms with Crippen molar-refractivity contribution in [3.8, 4) is 11.1 Å². The van der Waals surface area contributed by atoms with Gasteiger partial charge in [0.15, 0.2) is 0 Å². The molecular formula is C19H8BrF3O4. The van der Waals surface area contributed by atoms with Crippen molar-refractivity contribution in [3.05, 3.63) is 79.4 Å². The number of benzene rings is 2. The van der Waals surface area contributed by atoms with Crippen LogP contribution in [0, 0.1) is 0 Å². The van der Waals surface area contributed by atoms with Crippen molar-refractivity contribution in [2.45, 2.75) is 6.18 Å². The highest BCUT2D eigenvalue weighted by Crippen LogP contribution is 2.37. The Kier molecular flexibility index (Phi) is 3.96. The lowest BCUT2D eigenvalue weighted by atomic mass is 10.0. The van der Waals surface area contributed by atoms with Crippen LogP contribution in [0.4, 0.5) is 13.2 Å². The number of hydrogen-bond acceptors (Lipinski definition) is 4. The predicted octanol–water partition coefficient (Wildman–Crippen LogP) is 5.35. The quantitative estimate of drug-likeness (QED) is 0.377. The number of para-hydroxylation sites is 1. The molecule has 0 aliphatic heterocycles. The van der Waals surface area contributed by atoms with Gasteiger partial charge in [-0.05, 0) is 24.3 Å². The van der Waals surface area contributed by atoms with Crippen molar-refractivity contribution in [2.75, 3.05) is 0 Å². The first-order chi connectivity index (χ1) is 12.7. The Morgan fingerprint density at radius 2 is 1.67 bits per heavy atom. The van der Waals surface area contributed by atoms with Crippen LogP contribution >= 0.6 is 15.9 Å². The van der Waals surface area contributed by atoms with E-state index in [9.17, 15) is 22.8 Å². The van der Waals surface area contributed by atoms with E-state index in [0.29, 0.717) is 17.0 Å². The molecule has 0 spiro atoms. The lowest BCUT2D eigenvalue weighted by Gasteiger charge is -2.11. The molecule has 0 saturated heterocycles. The van der Waals surface area contributed by atoms with Gasteiger partial charge in [-0.25, -0.2) is 9.59 Å². The van der Waals surface area contributed by atoms with E-state index >= 15 is 0 Å². The van der Waals surface area contributed by atoms with Gasteiger partial charge in [-0.1, -0.05) is 34.1 Å². The number of hydrogen-bond donors (Lipinski definition) is 0. The second-order valence-corrected chi connectivity index (χ2v) is 6.70. The largest absolute Gasteiger partial charge is 0.422 e. The normalized spacial score (nSPS) is 12.0. The Hall–Kier alpha value is -2.87. The Morgan fingerprint density at radius 3 is 2.41 bits per heavy atom. The van der Waals surface area contributed by atoms with Crippen LogP contribution < -0.4 is 11.3 Å². The molecule has 4 rings (SSSR count). The number of rotatable bonds is 1. The number of alkyl halides is 3. The maximum absolute atomic E-state index is 13.3. The molecule has 0 saturated carbocycles. The first-order valence-corrected chi connectivity index (χ1v) is 8.41. The lowest BCUT2D eigenvalue weighted by molar-refractivity contribution is -0.136. The molecule has 0 aliphatic rings. The van der Waals surface area contributed by atoms with Crippen LogP contribution in [0.5, 0.6) is 0 Å². The summed E-state index contributed by atoms with van der Waals surface area (Å²) >= 11 is 3.31. The highest BCUT2D eigenvalue weighted by atomic mass is 79.9. The SMILES string of the molecule is O=c1cc(C(F)(F)F)c2cccc(-c3cc4cc(Br)ccc4oc3=O)c2o1. The zero-order chi connectivity index (χ0) is 19.3. The Morgan fingerprint density at radius 1 is 0.889 bits per heavy atom. The van der Waals surface area contributed by atoms with E-state index in [2.05, 4.69) is 15.9 Å². The van der Waals surface area contributed by atoms with Crippen LogP contribution in [0.1, 0.15) is 5.56 Å². The van der Waals surface area contributed by atoms with Gasteiger partial charge in [0.25, 0.3) is 0 Å². The average Bonchev–Trinajstić information content (AvgIpc) is 2.59. The molecule has 0 amide bonds. The van der Waals surface area contributed by atoms with Crippen LogP contribution in [0.25, 0.3) is 33.1 Å². The summed E-state index contributed by atoms with van der Waals surface area (Å²) in [5, 5.41) is 0.249. The molecule has 0 unspecified atom stereocenters. The van der Waals surface area contributed by atoms with Gasteiger partial charge in [0.05, 0.1) is 11.1 Å². The number of fused-ring (bicyclic) bond motifs is 2. The van der Waals surface area contributed by atoms with E-state index in [1.54, 1.807) is 18.2 Å². The van der Waals surface area contributed by atoms with Crippen molar-refractivity contribution in [1.29, 1.82) is 0 Å². The standard InChI is InChI=1S/C19H8BrF3O4/c20-10-4-5-15-9(6-10)7-13(18(25)26-15)11-2-1-3-12-14(19(21,22)23)8-16(24)27-17(11)12/h1-8H. The summed E-state index contributed by atoms with van der Waals surface area (Å²) in [4.78, 5) is 24.1. The molecule has 0 bridgehead atoms. The molecule has 0 atom stereocenters. The van der Waals surface area contributed by atoms with Crippen molar-refractivity contribution in [2.24, 2.45) is 0 Å². The van der Waals surface area contributed by atoms with Crippen LogP contribution in [0.2, 0.25) is 0 Å². The minimum atomic E-state index is -4.74. The van der Waals surface area contributed by atoms with Crippen molar-refractivity contribution in [1.82, 2.24) is 0 Å². The zero-order valence-corrected chi connectivity index (χ0v) is 14.8. The third kappa shape index (κ3) is 3.06. The molecule has 2 aromatic heterocycles. The van der Waals surface area contributed by atoms with Crippen LogP contribution in [-0.4, -0.2) is 0 Å². The van der Waals surface area contributed by atoms with E-state index in [1.807, 2.05) is 0 Å². The summed E-state index contributed by atoms with van der Waals surface area (Å²) < 4.78 is 50.9. The monoisotopic (exact) mass is 436 g/mol. The Labute approximate surface area is 157 Å². The molecule has 2 heterocycles. The van der Waals surface area contributed by atoms with Gasteiger partial charge in [0.2, 0.25) is 0 Å². The molecule has 27 heavy (non-hydrogen) atoms. The highest BCUT2D eigenvalue weighted by molar-refractivity contribution is 9.10. The second-order valence-electron chi connectivity index (χ2n) is 5.79. The Balaban J connectivity index is 2.10. The summed E-state index contributed by atoms with van der Waals surface area (Å²) in [7, 11) is 0. The average molecular weight is 437 g/mol. The first kappa shape index (κ1) is 17.5. The Bertz CT molecular complexity index is 1320. The molecule has 136 valence electrons. The van der Waals surface area contributed by atoms with Gasteiger partial charge in [0.1, 0.15) is 11.2 Å². The van der Waals surface area contributed by atoms with E-state index in [-0.39, 0.29) is 22.1 Å². The molecule has 0 radical (unpaired) electrons. The van der Waals surface area contributed by atoms with Crippen molar-refractivity contribution < 1.29 is 22.0 Å². The molecule has 2 aromatic carbocycles. The van der Waals surface area contributed by atoms with Gasteiger partial charge >= 0.3 is 17.4 Å². The van der Waals surface area contributed by atoms with Gasteiger partial charge in [-0.2, -0.15) is 13.2 Å². The summed E-state index contributed by atoms with van der Waals surface area (Å²) in [6, 6.07) is 10.8. The van der Waals surface area contributed by atoms with Crippen LogP contribution in [0.15, 0.2) is 71.4 Å². The summed E-state index contributed by atoms with van der Waals surface area (Å²) in [5.41, 5.74) is -2.99. The maximum Gasteiger partial charge on any atom is 0.417 e.